The minimum absolute atomic E-state index is 0.0974. The van der Waals surface area contributed by atoms with E-state index >= 15 is 0 Å². The molecule has 6 heteroatoms. The second kappa shape index (κ2) is 4.85. The minimum atomic E-state index is -0.0974. The lowest BCUT2D eigenvalue weighted by Gasteiger charge is -2.05. The first-order valence-electron chi connectivity index (χ1n) is 5.47. The monoisotopic (exact) mass is 327 g/mol. The number of thiophene rings is 1. The summed E-state index contributed by atoms with van der Waals surface area (Å²) in [7, 11) is 1.85. The Balaban J connectivity index is 2.30. The third kappa shape index (κ3) is 2.22. The van der Waals surface area contributed by atoms with E-state index in [1.54, 1.807) is 22.2 Å². The SMILES string of the molecule is Cc1sc(Br)c(C(=O)Nc2cnn(C)c2C)c1C. The van der Waals surface area contributed by atoms with Gasteiger partial charge in [0, 0.05) is 11.9 Å². The molecule has 0 saturated heterocycles. The van der Waals surface area contributed by atoms with E-state index in [0.717, 1.165) is 25.6 Å². The molecule has 18 heavy (non-hydrogen) atoms. The van der Waals surface area contributed by atoms with Crippen molar-refractivity contribution in [3.8, 4) is 0 Å². The molecule has 0 aliphatic rings. The average Bonchev–Trinajstić information content (AvgIpc) is 2.73. The summed E-state index contributed by atoms with van der Waals surface area (Å²) in [4.78, 5) is 13.4. The van der Waals surface area contributed by atoms with E-state index < -0.39 is 0 Å². The molecule has 0 atom stereocenters. The summed E-state index contributed by atoms with van der Waals surface area (Å²) in [6.07, 6.45) is 1.66. The van der Waals surface area contributed by atoms with Crippen LogP contribution in [0.4, 0.5) is 5.69 Å². The van der Waals surface area contributed by atoms with E-state index in [1.807, 2.05) is 27.8 Å². The molecule has 0 aliphatic carbocycles. The van der Waals surface area contributed by atoms with Gasteiger partial charge in [-0.25, -0.2) is 0 Å². The van der Waals surface area contributed by atoms with Gasteiger partial charge in [-0.2, -0.15) is 5.10 Å². The Kier molecular flexibility index (Phi) is 3.59. The first-order valence-corrected chi connectivity index (χ1v) is 7.08. The predicted molar refractivity (Wildman–Crippen MR) is 77.4 cm³/mol. The molecule has 0 radical (unpaired) electrons. The van der Waals surface area contributed by atoms with Crippen LogP contribution in [0.15, 0.2) is 9.98 Å². The molecule has 0 aromatic carbocycles. The minimum Gasteiger partial charge on any atom is -0.319 e. The Morgan fingerprint density at radius 2 is 2.11 bits per heavy atom. The molecule has 1 N–H and O–H groups in total. The molecule has 4 nitrogen and oxygen atoms in total. The fraction of sp³-hybridized carbons (Fsp3) is 0.333. The number of hydrogen-bond donors (Lipinski definition) is 1. The number of amides is 1. The predicted octanol–water partition coefficient (Wildman–Crippen LogP) is 3.42. The zero-order valence-electron chi connectivity index (χ0n) is 10.7. The van der Waals surface area contributed by atoms with Crippen molar-refractivity contribution in [2.45, 2.75) is 20.8 Å². The highest BCUT2D eigenvalue weighted by Gasteiger charge is 2.19. The van der Waals surface area contributed by atoms with Gasteiger partial charge in [-0.3, -0.25) is 9.48 Å². The molecule has 0 saturated carbocycles. The van der Waals surface area contributed by atoms with Crippen molar-refractivity contribution in [3.05, 3.63) is 31.7 Å². The van der Waals surface area contributed by atoms with Crippen molar-refractivity contribution in [2.24, 2.45) is 7.05 Å². The van der Waals surface area contributed by atoms with Crippen molar-refractivity contribution in [1.82, 2.24) is 9.78 Å². The van der Waals surface area contributed by atoms with Gasteiger partial charge in [-0.05, 0) is 42.3 Å². The first-order chi connectivity index (χ1) is 8.41. The molecule has 2 rings (SSSR count). The molecule has 2 aromatic heterocycles. The number of halogens is 1. The van der Waals surface area contributed by atoms with Crippen molar-refractivity contribution in [3.63, 3.8) is 0 Å². The summed E-state index contributed by atoms with van der Waals surface area (Å²) in [5.41, 5.74) is 3.41. The molecular weight excluding hydrogens is 314 g/mol. The molecule has 0 fully saturated rings. The van der Waals surface area contributed by atoms with Gasteiger partial charge in [0.1, 0.15) is 0 Å². The lowest BCUT2D eigenvalue weighted by Crippen LogP contribution is -2.13. The van der Waals surface area contributed by atoms with E-state index in [2.05, 4.69) is 26.3 Å². The molecule has 2 heterocycles. The number of hydrogen-bond acceptors (Lipinski definition) is 3. The van der Waals surface area contributed by atoms with Crippen LogP contribution in [-0.2, 0) is 7.05 Å². The molecule has 0 spiro atoms. The molecule has 0 aliphatic heterocycles. The smallest absolute Gasteiger partial charge is 0.258 e. The van der Waals surface area contributed by atoms with Crippen molar-refractivity contribution >= 4 is 38.9 Å². The summed E-state index contributed by atoms with van der Waals surface area (Å²) >= 11 is 5.02. The quantitative estimate of drug-likeness (QED) is 0.918. The number of carbonyl (C=O) groups excluding carboxylic acids is 1. The topological polar surface area (TPSA) is 46.9 Å². The van der Waals surface area contributed by atoms with Gasteiger partial charge in [-0.15, -0.1) is 11.3 Å². The average molecular weight is 328 g/mol. The Hall–Kier alpha value is -1.14. The molecule has 1 amide bonds. The van der Waals surface area contributed by atoms with Gasteiger partial charge in [0.25, 0.3) is 5.91 Å². The maximum atomic E-state index is 12.3. The van der Waals surface area contributed by atoms with Crippen LogP contribution in [0.5, 0.6) is 0 Å². The second-order valence-electron chi connectivity index (χ2n) is 4.15. The van der Waals surface area contributed by atoms with Crippen LogP contribution in [-0.4, -0.2) is 15.7 Å². The van der Waals surface area contributed by atoms with Crippen LogP contribution in [0, 0.1) is 20.8 Å². The Labute approximate surface area is 118 Å². The summed E-state index contributed by atoms with van der Waals surface area (Å²) in [6.45, 7) is 5.89. The van der Waals surface area contributed by atoms with Crippen LogP contribution in [0.2, 0.25) is 0 Å². The van der Waals surface area contributed by atoms with Gasteiger partial charge in [-0.1, -0.05) is 0 Å². The van der Waals surface area contributed by atoms with Crippen LogP contribution < -0.4 is 5.32 Å². The molecule has 0 bridgehead atoms. The first kappa shape index (κ1) is 13.3. The van der Waals surface area contributed by atoms with E-state index in [9.17, 15) is 4.79 Å². The number of anilines is 1. The van der Waals surface area contributed by atoms with Crippen LogP contribution >= 0.6 is 27.3 Å². The van der Waals surface area contributed by atoms with Crippen molar-refractivity contribution < 1.29 is 4.79 Å². The van der Waals surface area contributed by atoms with E-state index in [0.29, 0.717) is 5.56 Å². The third-order valence-corrected chi connectivity index (χ3v) is 4.93. The van der Waals surface area contributed by atoms with Gasteiger partial charge < -0.3 is 5.32 Å². The summed E-state index contributed by atoms with van der Waals surface area (Å²) in [6, 6.07) is 0. The highest BCUT2D eigenvalue weighted by molar-refractivity contribution is 9.11. The maximum Gasteiger partial charge on any atom is 0.258 e. The van der Waals surface area contributed by atoms with Crippen LogP contribution in [0.25, 0.3) is 0 Å². The highest BCUT2D eigenvalue weighted by Crippen LogP contribution is 2.32. The number of carbonyl (C=O) groups is 1. The fourth-order valence-corrected chi connectivity index (χ4v) is 3.73. The zero-order valence-corrected chi connectivity index (χ0v) is 13.1. The lowest BCUT2D eigenvalue weighted by molar-refractivity contribution is 0.102. The molecule has 0 unspecified atom stereocenters. The number of nitrogens with one attached hydrogen (secondary N) is 1. The largest absolute Gasteiger partial charge is 0.319 e. The second-order valence-corrected chi connectivity index (χ2v) is 6.70. The van der Waals surface area contributed by atoms with Crippen LogP contribution in [0.1, 0.15) is 26.5 Å². The zero-order chi connectivity index (χ0) is 13.4. The van der Waals surface area contributed by atoms with E-state index in [4.69, 9.17) is 0 Å². The van der Waals surface area contributed by atoms with E-state index in [-0.39, 0.29) is 5.91 Å². The molecule has 96 valence electrons. The number of aromatic nitrogens is 2. The number of nitrogens with zero attached hydrogens (tertiary/aromatic N) is 2. The van der Waals surface area contributed by atoms with Gasteiger partial charge in [0.05, 0.1) is 26.9 Å². The highest BCUT2D eigenvalue weighted by atomic mass is 79.9. The molecule has 2 aromatic rings. The number of aryl methyl sites for hydroxylation is 2. The van der Waals surface area contributed by atoms with Crippen molar-refractivity contribution in [2.75, 3.05) is 5.32 Å². The van der Waals surface area contributed by atoms with Crippen molar-refractivity contribution in [1.29, 1.82) is 0 Å². The van der Waals surface area contributed by atoms with Gasteiger partial charge >= 0.3 is 0 Å². The number of rotatable bonds is 2. The third-order valence-electron chi connectivity index (χ3n) is 3.05. The Bertz CT molecular complexity index is 615. The van der Waals surface area contributed by atoms with Gasteiger partial charge in [0.15, 0.2) is 0 Å². The fourth-order valence-electron chi connectivity index (χ4n) is 1.65. The normalized spacial score (nSPS) is 10.7. The standard InChI is InChI=1S/C12H14BrN3OS/c1-6-8(3)18-11(13)10(6)12(17)15-9-5-14-16(4)7(9)2/h5H,1-4H3,(H,15,17). The maximum absolute atomic E-state index is 12.3. The molecular formula is C12H14BrN3OS. The summed E-state index contributed by atoms with van der Waals surface area (Å²) in [5, 5.41) is 7.00. The Morgan fingerprint density at radius 1 is 1.44 bits per heavy atom. The van der Waals surface area contributed by atoms with Crippen LogP contribution in [0.3, 0.4) is 0 Å². The lowest BCUT2D eigenvalue weighted by atomic mass is 10.1. The summed E-state index contributed by atoms with van der Waals surface area (Å²) < 4.78 is 2.60. The Morgan fingerprint density at radius 3 is 2.56 bits per heavy atom. The van der Waals surface area contributed by atoms with E-state index in [1.165, 1.54) is 0 Å². The van der Waals surface area contributed by atoms with Gasteiger partial charge in [0.2, 0.25) is 0 Å². The summed E-state index contributed by atoms with van der Waals surface area (Å²) in [5.74, 6) is -0.0974.